The van der Waals surface area contributed by atoms with E-state index >= 15 is 0 Å². The molecule has 0 heterocycles. The maximum absolute atomic E-state index is 10.5. The lowest BCUT2D eigenvalue weighted by atomic mass is 9.85. The monoisotopic (exact) mass is 312 g/mol. The van der Waals surface area contributed by atoms with Gasteiger partial charge in [-0.2, -0.15) is 0 Å². The van der Waals surface area contributed by atoms with Crippen LogP contribution in [0.15, 0.2) is 45.1 Å². The summed E-state index contributed by atoms with van der Waals surface area (Å²) >= 11 is 5.20. The van der Waals surface area contributed by atoms with Crippen LogP contribution in [0.3, 0.4) is 0 Å². The summed E-state index contributed by atoms with van der Waals surface area (Å²) in [6.07, 6.45) is 5.23. The van der Waals surface area contributed by atoms with Gasteiger partial charge in [0.2, 0.25) is 0 Å². The van der Waals surface area contributed by atoms with Crippen molar-refractivity contribution >= 4 is 27.7 Å². The molecule has 0 radical (unpaired) electrons. The minimum atomic E-state index is -0.625. The zero-order valence-corrected chi connectivity index (χ0v) is 12.1. The average Bonchev–Trinajstić information content (AvgIpc) is 2.38. The van der Waals surface area contributed by atoms with Crippen molar-refractivity contribution in [1.29, 1.82) is 0 Å². The highest BCUT2D eigenvalue weighted by Gasteiger charge is 2.31. The zero-order chi connectivity index (χ0) is 12.1. The third kappa shape index (κ3) is 3.60. The van der Waals surface area contributed by atoms with Crippen molar-refractivity contribution in [2.75, 3.05) is 0 Å². The standard InChI is InChI=1S/C14H17BrOS/c15-13(14(16)9-5-2-6-10-14)11-17-12-7-3-1-4-8-12/h1,3-4,7-8,11,16H,2,5-6,9-10H2/b13-11-. The van der Waals surface area contributed by atoms with E-state index in [2.05, 4.69) is 28.1 Å². The SMILES string of the molecule is OC1(/C(Br)=C/Sc2ccccc2)CCCCC1. The highest BCUT2D eigenvalue weighted by Crippen LogP contribution is 2.38. The van der Waals surface area contributed by atoms with Crippen LogP contribution in [-0.2, 0) is 0 Å². The maximum atomic E-state index is 10.5. The smallest absolute Gasteiger partial charge is 0.0965 e. The average molecular weight is 313 g/mol. The van der Waals surface area contributed by atoms with E-state index in [0.717, 1.165) is 30.2 Å². The second-order valence-electron chi connectivity index (χ2n) is 4.49. The van der Waals surface area contributed by atoms with Gasteiger partial charge in [-0.3, -0.25) is 0 Å². The molecule has 0 atom stereocenters. The maximum Gasteiger partial charge on any atom is 0.0965 e. The fourth-order valence-corrected chi connectivity index (χ4v) is 3.55. The minimum Gasteiger partial charge on any atom is -0.385 e. The van der Waals surface area contributed by atoms with Crippen LogP contribution in [-0.4, -0.2) is 10.7 Å². The molecule has 1 aromatic carbocycles. The van der Waals surface area contributed by atoms with Crippen LogP contribution < -0.4 is 0 Å². The molecule has 17 heavy (non-hydrogen) atoms. The number of thioether (sulfide) groups is 1. The number of aliphatic hydroxyl groups is 1. The van der Waals surface area contributed by atoms with Crippen molar-refractivity contribution in [3.63, 3.8) is 0 Å². The summed E-state index contributed by atoms with van der Waals surface area (Å²) in [5.74, 6) is 0. The minimum absolute atomic E-state index is 0.625. The molecule has 1 fully saturated rings. The molecule has 0 aromatic heterocycles. The Bertz CT molecular complexity index is 382. The van der Waals surface area contributed by atoms with Crippen molar-refractivity contribution < 1.29 is 5.11 Å². The summed E-state index contributed by atoms with van der Waals surface area (Å²) in [5.41, 5.74) is -0.625. The number of hydrogen-bond donors (Lipinski definition) is 1. The fraction of sp³-hybridized carbons (Fsp3) is 0.429. The van der Waals surface area contributed by atoms with Crippen molar-refractivity contribution in [3.05, 3.63) is 40.2 Å². The Balaban J connectivity index is 2.01. The van der Waals surface area contributed by atoms with Crippen molar-refractivity contribution in [2.24, 2.45) is 0 Å². The molecule has 3 heteroatoms. The third-order valence-corrected chi connectivity index (χ3v) is 5.33. The van der Waals surface area contributed by atoms with E-state index in [0.29, 0.717) is 0 Å². The number of hydrogen-bond acceptors (Lipinski definition) is 2. The van der Waals surface area contributed by atoms with Gasteiger partial charge in [-0.15, -0.1) is 0 Å². The number of rotatable bonds is 3. The van der Waals surface area contributed by atoms with Crippen LogP contribution in [0, 0.1) is 0 Å². The topological polar surface area (TPSA) is 20.2 Å². The van der Waals surface area contributed by atoms with Gasteiger partial charge in [-0.25, -0.2) is 0 Å². The molecule has 0 spiro atoms. The van der Waals surface area contributed by atoms with Crippen molar-refractivity contribution in [2.45, 2.75) is 42.6 Å². The van der Waals surface area contributed by atoms with Gasteiger partial charge in [0.15, 0.2) is 0 Å². The summed E-state index contributed by atoms with van der Waals surface area (Å²) in [4.78, 5) is 1.20. The Kier molecular flexibility index (Phi) is 4.71. The lowest BCUT2D eigenvalue weighted by Crippen LogP contribution is -2.31. The van der Waals surface area contributed by atoms with E-state index in [1.165, 1.54) is 11.3 Å². The third-order valence-electron chi connectivity index (χ3n) is 3.17. The molecule has 1 aliphatic carbocycles. The first-order valence-corrected chi connectivity index (χ1v) is 7.68. The van der Waals surface area contributed by atoms with Gasteiger partial charge >= 0.3 is 0 Å². The molecule has 0 amide bonds. The summed E-state index contributed by atoms with van der Waals surface area (Å²) in [7, 11) is 0. The fourth-order valence-electron chi connectivity index (χ4n) is 2.10. The summed E-state index contributed by atoms with van der Waals surface area (Å²) in [6.45, 7) is 0. The quantitative estimate of drug-likeness (QED) is 0.816. The first kappa shape index (κ1) is 13.2. The predicted octanol–water partition coefficient (Wildman–Crippen LogP) is 4.71. The highest BCUT2D eigenvalue weighted by atomic mass is 79.9. The Hall–Kier alpha value is -0.250. The Morgan fingerprint density at radius 1 is 1.18 bits per heavy atom. The molecule has 1 N–H and O–H groups in total. The second kappa shape index (κ2) is 6.07. The number of benzene rings is 1. The van der Waals surface area contributed by atoms with Crippen LogP contribution >= 0.6 is 27.7 Å². The van der Waals surface area contributed by atoms with Gasteiger partial charge in [0.25, 0.3) is 0 Å². The summed E-state index contributed by atoms with van der Waals surface area (Å²) in [6, 6.07) is 10.2. The molecular formula is C14H17BrOS. The molecule has 2 rings (SSSR count). The lowest BCUT2D eigenvalue weighted by Gasteiger charge is -2.31. The number of halogens is 1. The van der Waals surface area contributed by atoms with Crippen LogP contribution in [0.25, 0.3) is 0 Å². The van der Waals surface area contributed by atoms with Crippen LogP contribution in [0.2, 0.25) is 0 Å². The van der Waals surface area contributed by atoms with Gasteiger partial charge in [-0.1, -0.05) is 65.2 Å². The summed E-state index contributed by atoms with van der Waals surface area (Å²) < 4.78 is 0.929. The normalized spacial score (nSPS) is 20.2. The van der Waals surface area contributed by atoms with Crippen molar-refractivity contribution in [3.8, 4) is 0 Å². The molecule has 1 aromatic rings. The predicted molar refractivity (Wildman–Crippen MR) is 77.3 cm³/mol. The van der Waals surface area contributed by atoms with E-state index in [1.807, 2.05) is 23.6 Å². The van der Waals surface area contributed by atoms with Gasteiger partial charge in [0.1, 0.15) is 0 Å². The van der Waals surface area contributed by atoms with Crippen molar-refractivity contribution in [1.82, 2.24) is 0 Å². The van der Waals surface area contributed by atoms with Crippen LogP contribution in [0.4, 0.5) is 0 Å². The zero-order valence-electron chi connectivity index (χ0n) is 9.73. The molecule has 1 nitrogen and oxygen atoms in total. The Morgan fingerprint density at radius 2 is 1.82 bits per heavy atom. The molecule has 0 aliphatic heterocycles. The Labute approximate surface area is 115 Å². The van der Waals surface area contributed by atoms with Gasteiger partial charge < -0.3 is 5.11 Å². The van der Waals surface area contributed by atoms with Crippen LogP contribution in [0.5, 0.6) is 0 Å². The highest BCUT2D eigenvalue weighted by molar-refractivity contribution is 9.11. The van der Waals surface area contributed by atoms with Gasteiger partial charge in [0.05, 0.1) is 5.60 Å². The molecule has 92 valence electrons. The molecule has 1 aliphatic rings. The van der Waals surface area contributed by atoms with Gasteiger partial charge in [0, 0.05) is 9.38 Å². The second-order valence-corrected chi connectivity index (χ2v) is 6.29. The van der Waals surface area contributed by atoms with E-state index in [1.54, 1.807) is 11.8 Å². The lowest BCUT2D eigenvalue weighted by molar-refractivity contribution is 0.0486. The van der Waals surface area contributed by atoms with Crippen LogP contribution in [0.1, 0.15) is 32.1 Å². The first-order chi connectivity index (χ1) is 8.21. The van der Waals surface area contributed by atoms with E-state index in [4.69, 9.17) is 0 Å². The molecule has 0 unspecified atom stereocenters. The Morgan fingerprint density at radius 3 is 2.47 bits per heavy atom. The summed E-state index contributed by atoms with van der Waals surface area (Å²) in [5, 5.41) is 12.5. The van der Waals surface area contributed by atoms with Gasteiger partial charge in [-0.05, 0) is 30.4 Å². The molecular weight excluding hydrogens is 296 g/mol. The molecule has 1 saturated carbocycles. The molecule has 0 saturated heterocycles. The van der Waals surface area contributed by atoms with E-state index in [-0.39, 0.29) is 0 Å². The molecule has 0 bridgehead atoms. The van der Waals surface area contributed by atoms with E-state index in [9.17, 15) is 5.11 Å². The van der Waals surface area contributed by atoms with E-state index < -0.39 is 5.60 Å². The first-order valence-electron chi connectivity index (χ1n) is 6.01. The largest absolute Gasteiger partial charge is 0.385 e.